The lowest BCUT2D eigenvalue weighted by Crippen LogP contribution is -2.22. The van der Waals surface area contributed by atoms with Gasteiger partial charge in [-0.3, -0.25) is 4.79 Å². The predicted octanol–water partition coefficient (Wildman–Crippen LogP) is 3.62. The van der Waals surface area contributed by atoms with Gasteiger partial charge in [-0.25, -0.2) is 0 Å². The van der Waals surface area contributed by atoms with Gasteiger partial charge in [-0.05, 0) is 43.3 Å². The number of hydrogen-bond acceptors (Lipinski definition) is 3. The molecule has 2 N–H and O–H groups in total. The van der Waals surface area contributed by atoms with E-state index in [9.17, 15) is 4.79 Å². The normalized spacial score (nSPS) is 12.1. The average Bonchev–Trinajstić information content (AvgIpc) is 3.13. The minimum Gasteiger partial charge on any atom is -0.496 e. The molecule has 27 heavy (non-hydrogen) atoms. The molecule has 1 heterocycles. The van der Waals surface area contributed by atoms with E-state index in [1.54, 1.807) is 26.1 Å². The number of hydrogen-bond donors (Lipinski definition) is 2. The highest BCUT2D eigenvalue weighted by Crippen LogP contribution is 2.39. The molecular formula is C22H27N3O2. The number of benzene rings is 2. The van der Waals surface area contributed by atoms with Crippen molar-refractivity contribution < 1.29 is 9.53 Å². The molecule has 3 rings (SSSR count). The maximum absolute atomic E-state index is 12.6. The maximum atomic E-state index is 12.6. The predicted molar refractivity (Wildman–Crippen MR) is 110 cm³/mol. The van der Waals surface area contributed by atoms with Crippen molar-refractivity contribution in [1.29, 1.82) is 0 Å². The largest absolute Gasteiger partial charge is 0.496 e. The third kappa shape index (κ3) is 3.69. The Morgan fingerprint density at radius 2 is 1.93 bits per heavy atom. The van der Waals surface area contributed by atoms with E-state index in [2.05, 4.69) is 34.6 Å². The van der Waals surface area contributed by atoms with Gasteiger partial charge >= 0.3 is 0 Å². The molecule has 0 aliphatic rings. The topological polar surface area (TPSA) is 57.4 Å². The van der Waals surface area contributed by atoms with Gasteiger partial charge in [-0.2, -0.15) is 0 Å². The van der Waals surface area contributed by atoms with E-state index in [1.165, 1.54) is 5.56 Å². The minimum absolute atomic E-state index is 0.0254. The van der Waals surface area contributed by atoms with Crippen LogP contribution >= 0.6 is 0 Å². The van der Waals surface area contributed by atoms with Gasteiger partial charge in [-0.1, -0.05) is 30.3 Å². The molecule has 1 atom stereocenters. The standard InChI is InChI=1S/C22H27N3O2/c1-23-13-12-16(15-8-6-5-7-9-15)18-14-24-21-17(22(26)25(2)3)10-11-19(27-4)20(18)21/h5-11,14,16,23-24H,12-13H2,1-4H3. The van der Waals surface area contributed by atoms with E-state index in [-0.39, 0.29) is 11.8 Å². The molecule has 1 amide bonds. The number of nitrogens with one attached hydrogen (secondary N) is 2. The van der Waals surface area contributed by atoms with Gasteiger partial charge in [-0.15, -0.1) is 0 Å². The smallest absolute Gasteiger partial charge is 0.255 e. The Hall–Kier alpha value is -2.79. The summed E-state index contributed by atoms with van der Waals surface area (Å²) in [5.41, 5.74) is 3.88. The number of ether oxygens (including phenoxy) is 1. The Bertz CT molecular complexity index is 916. The van der Waals surface area contributed by atoms with Crippen molar-refractivity contribution in [1.82, 2.24) is 15.2 Å². The zero-order valence-electron chi connectivity index (χ0n) is 16.4. The maximum Gasteiger partial charge on any atom is 0.255 e. The molecule has 0 bridgehead atoms. The molecule has 2 aromatic carbocycles. The molecule has 142 valence electrons. The van der Waals surface area contributed by atoms with Crippen molar-refractivity contribution in [2.24, 2.45) is 0 Å². The lowest BCUT2D eigenvalue weighted by atomic mass is 9.87. The van der Waals surface area contributed by atoms with Gasteiger partial charge < -0.3 is 19.9 Å². The third-order valence-electron chi connectivity index (χ3n) is 4.94. The Morgan fingerprint density at radius 3 is 2.56 bits per heavy atom. The van der Waals surface area contributed by atoms with Crippen LogP contribution in [-0.2, 0) is 0 Å². The summed E-state index contributed by atoms with van der Waals surface area (Å²) in [7, 11) is 7.17. The van der Waals surface area contributed by atoms with Crippen molar-refractivity contribution in [3.05, 3.63) is 65.4 Å². The van der Waals surface area contributed by atoms with Crippen molar-refractivity contribution >= 4 is 16.8 Å². The van der Waals surface area contributed by atoms with E-state index in [0.29, 0.717) is 5.56 Å². The second-order valence-corrected chi connectivity index (χ2v) is 6.86. The number of methoxy groups -OCH3 is 1. The monoisotopic (exact) mass is 365 g/mol. The second-order valence-electron chi connectivity index (χ2n) is 6.86. The number of carbonyl (C=O) groups excluding carboxylic acids is 1. The summed E-state index contributed by atoms with van der Waals surface area (Å²) in [5, 5.41) is 4.23. The molecule has 1 aromatic heterocycles. The Kier molecular flexibility index (Phi) is 5.81. The number of nitrogens with zero attached hydrogens (tertiary/aromatic N) is 1. The van der Waals surface area contributed by atoms with E-state index in [1.807, 2.05) is 31.4 Å². The van der Waals surface area contributed by atoms with Crippen LogP contribution in [0.25, 0.3) is 10.9 Å². The van der Waals surface area contributed by atoms with Crippen LogP contribution in [0.5, 0.6) is 5.75 Å². The number of rotatable bonds is 7. The van der Waals surface area contributed by atoms with Crippen molar-refractivity contribution in [3.63, 3.8) is 0 Å². The van der Waals surface area contributed by atoms with Gasteiger partial charge in [0, 0.05) is 31.6 Å². The fourth-order valence-corrected chi connectivity index (χ4v) is 3.58. The fourth-order valence-electron chi connectivity index (χ4n) is 3.58. The third-order valence-corrected chi connectivity index (χ3v) is 4.94. The van der Waals surface area contributed by atoms with Crippen molar-refractivity contribution in [2.75, 3.05) is 34.8 Å². The first kappa shape index (κ1) is 19.0. The second kappa shape index (κ2) is 8.27. The summed E-state index contributed by atoms with van der Waals surface area (Å²) in [6.45, 7) is 0.894. The summed E-state index contributed by atoms with van der Waals surface area (Å²) >= 11 is 0. The SMILES string of the molecule is CNCCC(c1ccccc1)c1c[nH]c2c(C(=O)N(C)C)ccc(OC)c12. The van der Waals surface area contributed by atoms with E-state index >= 15 is 0 Å². The van der Waals surface area contributed by atoms with Crippen LogP contribution in [0.15, 0.2) is 48.7 Å². The Morgan fingerprint density at radius 1 is 1.19 bits per heavy atom. The number of H-pyrrole nitrogens is 1. The summed E-state index contributed by atoms with van der Waals surface area (Å²) in [6.07, 6.45) is 2.97. The molecular weight excluding hydrogens is 338 g/mol. The average molecular weight is 365 g/mol. The van der Waals surface area contributed by atoms with Crippen LogP contribution in [0.4, 0.5) is 0 Å². The van der Waals surface area contributed by atoms with Crippen LogP contribution in [0.2, 0.25) is 0 Å². The molecule has 3 aromatic rings. The summed E-state index contributed by atoms with van der Waals surface area (Å²) in [5.74, 6) is 0.954. The van der Waals surface area contributed by atoms with Crippen LogP contribution in [0.3, 0.4) is 0 Å². The highest BCUT2D eigenvalue weighted by atomic mass is 16.5. The molecule has 1 unspecified atom stereocenters. The molecule has 5 nitrogen and oxygen atoms in total. The van der Waals surface area contributed by atoms with E-state index in [4.69, 9.17) is 4.74 Å². The van der Waals surface area contributed by atoms with Gasteiger partial charge in [0.25, 0.3) is 5.91 Å². The molecule has 0 saturated heterocycles. The lowest BCUT2D eigenvalue weighted by molar-refractivity contribution is 0.0829. The zero-order valence-corrected chi connectivity index (χ0v) is 16.4. The lowest BCUT2D eigenvalue weighted by Gasteiger charge is -2.18. The van der Waals surface area contributed by atoms with Crippen LogP contribution in [-0.4, -0.2) is 50.6 Å². The first-order valence-corrected chi connectivity index (χ1v) is 9.17. The quantitative estimate of drug-likeness (QED) is 0.672. The Balaban J connectivity index is 2.20. The highest BCUT2D eigenvalue weighted by Gasteiger charge is 2.23. The van der Waals surface area contributed by atoms with E-state index in [0.717, 1.165) is 35.2 Å². The van der Waals surface area contributed by atoms with Gasteiger partial charge in [0.2, 0.25) is 0 Å². The molecule has 5 heteroatoms. The van der Waals surface area contributed by atoms with E-state index < -0.39 is 0 Å². The van der Waals surface area contributed by atoms with Crippen LogP contribution in [0.1, 0.15) is 33.8 Å². The molecule has 0 fully saturated rings. The number of aromatic amines is 1. The highest BCUT2D eigenvalue weighted by molar-refractivity contribution is 6.08. The fraction of sp³-hybridized carbons (Fsp3) is 0.318. The van der Waals surface area contributed by atoms with Crippen molar-refractivity contribution in [2.45, 2.75) is 12.3 Å². The molecule has 0 saturated carbocycles. The Labute approximate surface area is 160 Å². The van der Waals surface area contributed by atoms with Crippen molar-refractivity contribution in [3.8, 4) is 5.75 Å². The van der Waals surface area contributed by atoms with Gasteiger partial charge in [0.15, 0.2) is 0 Å². The first-order valence-electron chi connectivity index (χ1n) is 9.17. The summed E-state index contributed by atoms with van der Waals surface area (Å²) in [6, 6.07) is 14.2. The number of fused-ring (bicyclic) bond motifs is 1. The zero-order chi connectivity index (χ0) is 19.4. The molecule has 0 aliphatic carbocycles. The first-order chi connectivity index (χ1) is 13.1. The molecule has 0 spiro atoms. The summed E-state index contributed by atoms with van der Waals surface area (Å²) < 4.78 is 5.65. The summed E-state index contributed by atoms with van der Waals surface area (Å²) in [4.78, 5) is 17.6. The van der Waals surface area contributed by atoms with Gasteiger partial charge in [0.05, 0.1) is 18.2 Å². The minimum atomic E-state index is -0.0254. The number of amides is 1. The number of carbonyl (C=O) groups is 1. The van der Waals surface area contributed by atoms with Gasteiger partial charge in [0.1, 0.15) is 5.75 Å². The number of aromatic nitrogens is 1. The molecule has 0 aliphatic heterocycles. The van der Waals surface area contributed by atoms with Crippen LogP contribution in [0, 0.1) is 0 Å². The molecule has 0 radical (unpaired) electrons. The van der Waals surface area contributed by atoms with Crippen LogP contribution < -0.4 is 10.1 Å².